The average Bonchev–Trinajstić information content (AvgIpc) is 2.52. The van der Waals surface area contributed by atoms with Gasteiger partial charge in [-0.2, -0.15) is 0 Å². The van der Waals surface area contributed by atoms with E-state index in [2.05, 4.69) is 0 Å². The van der Waals surface area contributed by atoms with E-state index >= 15 is 0 Å². The van der Waals surface area contributed by atoms with Gasteiger partial charge in [0.2, 0.25) is 0 Å². The van der Waals surface area contributed by atoms with Crippen molar-refractivity contribution in [2.75, 3.05) is 33.0 Å². The van der Waals surface area contributed by atoms with Gasteiger partial charge >= 0.3 is 0 Å². The van der Waals surface area contributed by atoms with Crippen molar-refractivity contribution in [3.8, 4) is 5.75 Å². The molecule has 1 aromatic carbocycles. The Hall–Kier alpha value is -1.10. The number of nitrogens with two attached hydrogens (primary N) is 1. The topological polar surface area (TPSA) is 53.7 Å². The standard InChI is InChI=1S/C16H25NO3/c17-12-15-3-1-4-16(11-15)20-8-2-7-19-13-14-5-9-18-10-6-14/h1,3-4,11,14H,2,5-10,12-13,17H2. The molecule has 2 N–H and O–H groups in total. The van der Waals surface area contributed by atoms with E-state index in [1.807, 2.05) is 24.3 Å². The quantitative estimate of drug-likeness (QED) is 0.742. The number of hydrogen-bond donors (Lipinski definition) is 1. The minimum Gasteiger partial charge on any atom is -0.493 e. The van der Waals surface area contributed by atoms with E-state index in [1.165, 1.54) is 0 Å². The first-order valence-corrected chi connectivity index (χ1v) is 7.46. The molecule has 1 aliphatic rings. The first-order valence-electron chi connectivity index (χ1n) is 7.46. The molecule has 0 radical (unpaired) electrons. The molecule has 0 aromatic heterocycles. The van der Waals surface area contributed by atoms with Crippen LogP contribution in [0.4, 0.5) is 0 Å². The largest absolute Gasteiger partial charge is 0.493 e. The fraction of sp³-hybridized carbons (Fsp3) is 0.625. The highest BCUT2D eigenvalue weighted by atomic mass is 16.5. The number of hydrogen-bond acceptors (Lipinski definition) is 4. The van der Waals surface area contributed by atoms with Crippen LogP contribution >= 0.6 is 0 Å². The van der Waals surface area contributed by atoms with Gasteiger partial charge in [-0.15, -0.1) is 0 Å². The Bertz CT molecular complexity index is 378. The molecule has 0 saturated carbocycles. The second-order valence-electron chi connectivity index (χ2n) is 5.18. The zero-order valence-corrected chi connectivity index (χ0v) is 12.1. The van der Waals surface area contributed by atoms with E-state index in [0.717, 1.165) is 57.0 Å². The van der Waals surface area contributed by atoms with Crippen LogP contribution in [0.5, 0.6) is 5.75 Å². The van der Waals surface area contributed by atoms with Crippen LogP contribution in [0.25, 0.3) is 0 Å². The number of ether oxygens (including phenoxy) is 3. The minimum atomic E-state index is 0.547. The molecule has 1 aromatic rings. The molecule has 0 amide bonds. The molecular weight excluding hydrogens is 254 g/mol. The number of rotatable bonds is 8. The highest BCUT2D eigenvalue weighted by Crippen LogP contribution is 2.15. The third kappa shape index (κ3) is 5.49. The van der Waals surface area contributed by atoms with Crippen molar-refractivity contribution in [1.82, 2.24) is 0 Å². The van der Waals surface area contributed by atoms with Gasteiger partial charge in [0.1, 0.15) is 5.75 Å². The molecule has 112 valence electrons. The van der Waals surface area contributed by atoms with Gasteiger partial charge in [0.25, 0.3) is 0 Å². The first-order chi connectivity index (χ1) is 9.88. The molecule has 0 unspecified atom stereocenters. The Kier molecular flexibility index (Phi) is 6.84. The van der Waals surface area contributed by atoms with Gasteiger partial charge in [-0.3, -0.25) is 0 Å². The van der Waals surface area contributed by atoms with Crippen LogP contribution in [0, 0.1) is 5.92 Å². The third-order valence-electron chi connectivity index (χ3n) is 3.53. The highest BCUT2D eigenvalue weighted by molar-refractivity contribution is 5.28. The molecule has 0 bridgehead atoms. The summed E-state index contributed by atoms with van der Waals surface area (Å²) in [6.07, 6.45) is 3.17. The molecule has 0 spiro atoms. The van der Waals surface area contributed by atoms with E-state index in [1.54, 1.807) is 0 Å². The molecule has 20 heavy (non-hydrogen) atoms. The van der Waals surface area contributed by atoms with Gasteiger partial charge in [-0.05, 0) is 36.5 Å². The van der Waals surface area contributed by atoms with Crippen LogP contribution in [0.1, 0.15) is 24.8 Å². The second kappa shape index (κ2) is 8.95. The van der Waals surface area contributed by atoms with Gasteiger partial charge in [0.15, 0.2) is 0 Å². The monoisotopic (exact) mass is 279 g/mol. The van der Waals surface area contributed by atoms with Crippen LogP contribution < -0.4 is 10.5 Å². The smallest absolute Gasteiger partial charge is 0.119 e. The van der Waals surface area contributed by atoms with Gasteiger partial charge in [0.05, 0.1) is 6.61 Å². The van der Waals surface area contributed by atoms with Gasteiger partial charge in [0, 0.05) is 39.4 Å². The predicted molar refractivity (Wildman–Crippen MR) is 78.8 cm³/mol. The summed E-state index contributed by atoms with van der Waals surface area (Å²) in [7, 11) is 0. The molecule has 0 atom stereocenters. The molecular formula is C16H25NO3. The zero-order valence-electron chi connectivity index (χ0n) is 12.1. The van der Waals surface area contributed by atoms with Crippen LogP contribution in [0.3, 0.4) is 0 Å². The summed E-state index contributed by atoms with van der Waals surface area (Å²) < 4.78 is 16.7. The van der Waals surface area contributed by atoms with Gasteiger partial charge in [-0.25, -0.2) is 0 Å². The van der Waals surface area contributed by atoms with Crippen molar-refractivity contribution in [2.24, 2.45) is 11.7 Å². The third-order valence-corrected chi connectivity index (χ3v) is 3.53. The fourth-order valence-corrected chi connectivity index (χ4v) is 2.28. The maximum absolute atomic E-state index is 5.70. The molecule has 0 aliphatic carbocycles. The summed E-state index contributed by atoms with van der Waals surface area (Å²) in [6, 6.07) is 7.92. The van der Waals surface area contributed by atoms with Gasteiger partial charge < -0.3 is 19.9 Å². The zero-order chi connectivity index (χ0) is 14.0. The summed E-state index contributed by atoms with van der Waals surface area (Å²) in [5.41, 5.74) is 6.70. The summed E-state index contributed by atoms with van der Waals surface area (Å²) in [6.45, 7) is 4.61. The van der Waals surface area contributed by atoms with E-state index in [4.69, 9.17) is 19.9 Å². The van der Waals surface area contributed by atoms with Gasteiger partial charge in [-0.1, -0.05) is 12.1 Å². The van der Waals surface area contributed by atoms with Crippen molar-refractivity contribution in [3.63, 3.8) is 0 Å². The Labute approximate surface area is 121 Å². The predicted octanol–water partition coefficient (Wildman–Crippen LogP) is 2.36. The highest BCUT2D eigenvalue weighted by Gasteiger charge is 2.13. The fourth-order valence-electron chi connectivity index (χ4n) is 2.28. The Balaban J connectivity index is 1.52. The van der Waals surface area contributed by atoms with Crippen molar-refractivity contribution in [1.29, 1.82) is 0 Å². The van der Waals surface area contributed by atoms with Crippen LogP contribution in [-0.4, -0.2) is 33.0 Å². The van der Waals surface area contributed by atoms with E-state index in [9.17, 15) is 0 Å². The lowest BCUT2D eigenvalue weighted by Crippen LogP contribution is -2.20. The maximum Gasteiger partial charge on any atom is 0.119 e. The summed E-state index contributed by atoms with van der Waals surface area (Å²) in [5.74, 6) is 1.56. The van der Waals surface area contributed by atoms with Crippen molar-refractivity contribution < 1.29 is 14.2 Å². The molecule has 4 heteroatoms. The Morgan fingerprint density at radius 3 is 2.85 bits per heavy atom. The molecule has 1 saturated heterocycles. The molecule has 1 heterocycles. The van der Waals surface area contributed by atoms with Crippen molar-refractivity contribution in [3.05, 3.63) is 29.8 Å². The Morgan fingerprint density at radius 2 is 2.05 bits per heavy atom. The molecule has 1 aliphatic heterocycles. The first kappa shape index (κ1) is 15.3. The Morgan fingerprint density at radius 1 is 1.20 bits per heavy atom. The molecule has 4 nitrogen and oxygen atoms in total. The second-order valence-corrected chi connectivity index (χ2v) is 5.18. The van der Waals surface area contributed by atoms with E-state index in [-0.39, 0.29) is 0 Å². The summed E-state index contributed by atoms with van der Waals surface area (Å²) in [4.78, 5) is 0. The van der Waals surface area contributed by atoms with Crippen molar-refractivity contribution in [2.45, 2.75) is 25.8 Å². The average molecular weight is 279 g/mol. The molecule has 1 fully saturated rings. The lowest BCUT2D eigenvalue weighted by Gasteiger charge is -2.21. The molecule has 2 rings (SSSR count). The minimum absolute atomic E-state index is 0.547. The maximum atomic E-state index is 5.70. The van der Waals surface area contributed by atoms with Crippen LogP contribution in [0.15, 0.2) is 24.3 Å². The summed E-state index contributed by atoms with van der Waals surface area (Å²) in [5, 5.41) is 0. The lowest BCUT2D eigenvalue weighted by atomic mass is 10.0. The summed E-state index contributed by atoms with van der Waals surface area (Å²) >= 11 is 0. The number of benzene rings is 1. The van der Waals surface area contributed by atoms with E-state index < -0.39 is 0 Å². The van der Waals surface area contributed by atoms with Crippen molar-refractivity contribution >= 4 is 0 Å². The SMILES string of the molecule is NCc1cccc(OCCCOCC2CCOCC2)c1. The normalized spacial score (nSPS) is 16.2. The van der Waals surface area contributed by atoms with Crippen LogP contribution in [0.2, 0.25) is 0 Å². The van der Waals surface area contributed by atoms with Crippen LogP contribution in [-0.2, 0) is 16.0 Å². The lowest BCUT2D eigenvalue weighted by molar-refractivity contribution is 0.0183. The van der Waals surface area contributed by atoms with E-state index in [0.29, 0.717) is 19.1 Å².